The van der Waals surface area contributed by atoms with Crippen LogP contribution in [0, 0.1) is 13.8 Å². The summed E-state index contributed by atoms with van der Waals surface area (Å²) in [4.78, 5) is 23.2. The maximum absolute atomic E-state index is 12.1. The van der Waals surface area contributed by atoms with Crippen molar-refractivity contribution in [2.45, 2.75) is 27.2 Å². The van der Waals surface area contributed by atoms with E-state index in [1.54, 1.807) is 6.07 Å². The fraction of sp³-hybridized carbons (Fsp3) is 0.250. The van der Waals surface area contributed by atoms with Gasteiger partial charge in [0, 0.05) is 5.56 Å². The second-order valence-corrected chi connectivity index (χ2v) is 4.73. The van der Waals surface area contributed by atoms with Crippen LogP contribution in [-0.4, -0.2) is 11.6 Å². The van der Waals surface area contributed by atoms with Crippen LogP contribution >= 0.6 is 0 Å². The monoisotopic (exact) mass is 240 g/mol. The van der Waals surface area contributed by atoms with Crippen molar-refractivity contribution in [1.82, 2.24) is 0 Å². The molecule has 0 aliphatic heterocycles. The van der Waals surface area contributed by atoms with Gasteiger partial charge in [0.2, 0.25) is 0 Å². The van der Waals surface area contributed by atoms with Crippen molar-refractivity contribution in [2.75, 3.05) is 0 Å². The first kappa shape index (κ1) is 12.5. The molecule has 0 fully saturated rings. The Bertz CT molecular complexity index is 639. The molecule has 2 aromatic carbocycles. The van der Waals surface area contributed by atoms with E-state index in [1.807, 2.05) is 32.0 Å². The molecule has 0 unspecified atom stereocenters. The summed E-state index contributed by atoms with van der Waals surface area (Å²) in [5, 5.41) is 2.06. The third-order valence-corrected chi connectivity index (χ3v) is 3.18. The van der Waals surface area contributed by atoms with Crippen LogP contribution in [0.4, 0.5) is 0 Å². The van der Waals surface area contributed by atoms with Crippen LogP contribution in [-0.2, 0) is 4.79 Å². The number of ketones is 2. The predicted molar refractivity (Wildman–Crippen MR) is 73.1 cm³/mol. The Balaban J connectivity index is 2.68. The molecule has 92 valence electrons. The molecule has 0 heterocycles. The topological polar surface area (TPSA) is 34.1 Å². The van der Waals surface area contributed by atoms with Crippen molar-refractivity contribution in [3.63, 3.8) is 0 Å². The molecule has 0 N–H and O–H groups in total. The van der Waals surface area contributed by atoms with Gasteiger partial charge in [-0.3, -0.25) is 9.59 Å². The lowest BCUT2D eigenvalue weighted by Gasteiger charge is -2.10. The minimum absolute atomic E-state index is 0.0213. The van der Waals surface area contributed by atoms with Crippen molar-refractivity contribution in [3.05, 3.63) is 47.0 Å². The maximum atomic E-state index is 12.1. The highest BCUT2D eigenvalue weighted by Crippen LogP contribution is 2.26. The van der Waals surface area contributed by atoms with Gasteiger partial charge in [0.15, 0.2) is 5.78 Å². The summed E-state index contributed by atoms with van der Waals surface area (Å²) in [5.74, 6) is -0.191. The van der Waals surface area contributed by atoms with E-state index in [-0.39, 0.29) is 18.0 Å². The molecule has 2 aromatic rings. The van der Waals surface area contributed by atoms with Gasteiger partial charge in [-0.25, -0.2) is 0 Å². The number of hydrogen-bond donors (Lipinski definition) is 0. The Hall–Kier alpha value is -1.96. The van der Waals surface area contributed by atoms with E-state index in [0.717, 1.165) is 21.9 Å². The van der Waals surface area contributed by atoms with E-state index in [9.17, 15) is 9.59 Å². The molecule has 2 heteroatoms. The average molecular weight is 240 g/mol. The van der Waals surface area contributed by atoms with Crippen LogP contribution in [0.3, 0.4) is 0 Å². The maximum Gasteiger partial charge on any atom is 0.170 e. The van der Waals surface area contributed by atoms with Crippen molar-refractivity contribution in [2.24, 2.45) is 0 Å². The largest absolute Gasteiger partial charge is 0.300 e. The number of carbonyl (C=O) groups excluding carboxylic acids is 2. The molecule has 0 bridgehead atoms. The molecule has 0 atom stereocenters. The summed E-state index contributed by atoms with van der Waals surface area (Å²) in [6.45, 7) is 5.47. The Kier molecular flexibility index (Phi) is 3.28. The van der Waals surface area contributed by atoms with Gasteiger partial charge in [-0.05, 0) is 42.7 Å². The third kappa shape index (κ3) is 2.19. The Morgan fingerprint density at radius 1 is 1.00 bits per heavy atom. The molecular weight excluding hydrogens is 224 g/mol. The third-order valence-electron chi connectivity index (χ3n) is 3.18. The van der Waals surface area contributed by atoms with Crippen molar-refractivity contribution >= 4 is 22.3 Å². The number of aryl methyl sites for hydroxylation is 2. The van der Waals surface area contributed by atoms with Crippen molar-refractivity contribution < 1.29 is 9.59 Å². The molecule has 0 amide bonds. The summed E-state index contributed by atoms with van der Waals surface area (Å²) in [5.41, 5.74) is 2.88. The van der Waals surface area contributed by atoms with Crippen LogP contribution in [0.15, 0.2) is 30.3 Å². The molecule has 18 heavy (non-hydrogen) atoms. The lowest BCUT2D eigenvalue weighted by Crippen LogP contribution is -2.06. The number of carbonyl (C=O) groups is 2. The zero-order chi connectivity index (χ0) is 13.3. The minimum Gasteiger partial charge on any atom is -0.300 e. The fourth-order valence-corrected chi connectivity index (χ4v) is 2.28. The van der Waals surface area contributed by atoms with Crippen LogP contribution in [0.5, 0.6) is 0 Å². The lowest BCUT2D eigenvalue weighted by molar-refractivity contribution is -0.116. The number of Topliss-reactive ketones (excluding diaryl/α,β-unsaturated/α-hetero) is 2. The number of hydrogen-bond acceptors (Lipinski definition) is 2. The van der Waals surface area contributed by atoms with Gasteiger partial charge in [0.05, 0.1) is 6.42 Å². The van der Waals surface area contributed by atoms with Gasteiger partial charge in [-0.1, -0.05) is 30.3 Å². The molecule has 0 aromatic heterocycles. The Morgan fingerprint density at radius 3 is 2.33 bits per heavy atom. The van der Waals surface area contributed by atoms with Gasteiger partial charge >= 0.3 is 0 Å². The summed E-state index contributed by atoms with van der Waals surface area (Å²) in [7, 11) is 0. The molecule has 0 spiro atoms. The number of fused-ring (bicyclic) bond motifs is 1. The summed E-state index contributed by atoms with van der Waals surface area (Å²) in [6.07, 6.45) is -0.0213. The fourth-order valence-electron chi connectivity index (χ4n) is 2.28. The first-order chi connectivity index (χ1) is 8.50. The van der Waals surface area contributed by atoms with Crippen LogP contribution in [0.2, 0.25) is 0 Å². The lowest BCUT2D eigenvalue weighted by atomic mass is 9.93. The quantitative estimate of drug-likeness (QED) is 0.606. The molecule has 0 saturated heterocycles. The highest BCUT2D eigenvalue weighted by Gasteiger charge is 2.14. The highest BCUT2D eigenvalue weighted by atomic mass is 16.1. The van der Waals surface area contributed by atoms with Gasteiger partial charge in [0.25, 0.3) is 0 Å². The van der Waals surface area contributed by atoms with E-state index in [1.165, 1.54) is 6.92 Å². The summed E-state index contributed by atoms with van der Waals surface area (Å²) >= 11 is 0. The smallest absolute Gasteiger partial charge is 0.170 e. The van der Waals surface area contributed by atoms with E-state index >= 15 is 0 Å². The van der Waals surface area contributed by atoms with Crippen LogP contribution in [0.25, 0.3) is 10.8 Å². The standard InChI is InChI=1S/C16H16O2/c1-10-7-8-11(2)16-13(10)5-4-6-14(16)15(18)9-12(3)17/h4-8H,9H2,1-3H3. The van der Waals surface area contributed by atoms with Gasteiger partial charge in [-0.15, -0.1) is 0 Å². The molecule has 2 nitrogen and oxygen atoms in total. The first-order valence-corrected chi connectivity index (χ1v) is 6.02. The number of benzene rings is 2. The summed E-state index contributed by atoms with van der Waals surface area (Å²) in [6, 6.07) is 9.77. The molecule has 0 saturated carbocycles. The van der Waals surface area contributed by atoms with Crippen molar-refractivity contribution in [3.8, 4) is 0 Å². The van der Waals surface area contributed by atoms with Crippen molar-refractivity contribution in [1.29, 1.82) is 0 Å². The molecule has 0 aliphatic carbocycles. The van der Waals surface area contributed by atoms with E-state index in [4.69, 9.17) is 0 Å². The van der Waals surface area contributed by atoms with E-state index in [2.05, 4.69) is 6.07 Å². The molecule has 0 radical (unpaired) electrons. The second-order valence-electron chi connectivity index (χ2n) is 4.73. The molecule has 2 rings (SSSR count). The zero-order valence-corrected chi connectivity index (χ0v) is 10.9. The Labute approximate surface area is 107 Å². The zero-order valence-electron chi connectivity index (χ0n) is 10.9. The minimum atomic E-state index is -0.0956. The van der Waals surface area contributed by atoms with Gasteiger partial charge < -0.3 is 0 Å². The van der Waals surface area contributed by atoms with Crippen LogP contribution in [0.1, 0.15) is 34.8 Å². The van der Waals surface area contributed by atoms with Crippen LogP contribution < -0.4 is 0 Å². The SMILES string of the molecule is CC(=O)CC(=O)c1cccc2c(C)ccc(C)c12. The van der Waals surface area contributed by atoms with Gasteiger partial charge in [-0.2, -0.15) is 0 Å². The average Bonchev–Trinajstić information content (AvgIpc) is 2.32. The normalized spacial score (nSPS) is 10.6. The molecule has 0 aliphatic rings. The van der Waals surface area contributed by atoms with Gasteiger partial charge in [0.1, 0.15) is 5.78 Å². The van der Waals surface area contributed by atoms with E-state index in [0.29, 0.717) is 5.56 Å². The molecular formula is C16H16O2. The highest BCUT2D eigenvalue weighted by molar-refractivity contribution is 6.15. The first-order valence-electron chi connectivity index (χ1n) is 6.02. The van der Waals surface area contributed by atoms with E-state index < -0.39 is 0 Å². The second kappa shape index (κ2) is 4.73. The summed E-state index contributed by atoms with van der Waals surface area (Å²) < 4.78 is 0. The Morgan fingerprint density at radius 2 is 1.67 bits per heavy atom. The number of rotatable bonds is 3. The predicted octanol–water partition coefficient (Wildman–Crippen LogP) is 3.62.